The Morgan fingerprint density at radius 1 is 1.30 bits per heavy atom. The first-order valence-corrected chi connectivity index (χ1v) is 9.89. The lowest BCUT2D eigenvalue weighted by atomic mass is 10.2. The number of alkyl halides is 1. The van der Waals surface area contributed by atoms with Crippen LogP contribution in [0.2, 0.25) is 0 Å². The van der Waals surface area contributed by atoms with Gasteiger partial charge in [0.25, 0.3) is 0 Å². The van der Waals surface area contributed by atoms with Crippen molar-refractivity contribution >= 4 is 23.0 Å². The number of nitrogen functional groups attached to an aromatic ring is 1. The molecule has 0 saturated carbocycles. The first-order valence-electron chi connectivity index (χ1n) is 9.89. The fraction of sp³-hybridized carbons (Fsp3) is 0.500. The minimum Gasteiger partial charge on any atom is -0.506 e. The van der Waals surface area contributed by atoms with Gasteiger partial charge < -0.3 is 30.7 Å². The minimum absolute atomic E-state index is 0.0136. The molecule has 3 rings (SSSR count). The molecule has 0 bridgehead atoms. The van der Waals surface area contributed by atoms with Crippen LogP contribution in [0.15, 0.2) is 24.4 Å². The summed E-state index contributed by atoms with van der Waals surface area (Å²) in [6, 6.07) is 4.95. The molecule has 0 radical (unpaired) electrons. The summed E-state index contributed by atoms with van der Waals surface area (Å²) < 4.78 is 18.1. The zero-order valence-corrected chi connectivity index (χ0v) is 17.7. The summed E-state index contributed by atoms with van der Waals surface area (Å²) in [5.74, 6) is 0.757. The lowest BCUT2D eigenvalue weighted by molar-refractivity contribution is 0.0141. The van der Waals surface area contributed by atoms with Gasteiger partial charge in [-0.2, -0.15) is 4.98 Å². The molecule has 1 fully saturated rings. The largest absolute Gasteiger partial charge is 0.506 e. The fourth-order valence-corrected chi connectivity index (χ4v) is 3.15. The molecule has 0 amide bonds. The quantitative estimate of drug-likeness (QED) is 0.301. The van der Waals surface area contributed by atoms with Gasteiger partial charge in [-0.1, -0.05) is 0 Å². The third-order valence-corrected chi connectivity index (χ3v) is 4.93. The summed E-state index contributed by atoms with van der Waals surface area (Å²) in [6.45, 7) is 3.07. The molecular formula is C20H30FN7O2. The van der Waals surface area contributed by atoms with Crippen LogP contribution in [-0.4, -0.2) is 91.5 Å². The Kier molecular flexibility index (Phi) is 7.11. The molecular weight excluding hydrogens is 389 g/mol. The number of rotatable bonds is 10. The van der Waals surface area contributed by atoms with E-state index in [1.807, 2.05) is 30.9 Å². The van der Waals surface area contributed by atoms with Gasteiger partial charge in [0.1, 0.15) is 18.5 Å². The predicted octanol–water partition coefficient (Wildman–Crippen LogP) is 1.54. The van der Waals surface area contributed by atoms with E-state index in [0.717, 1.165) is 18.8 Å². The van der Waals surface area contributed by atoms with Crippen LogP contribution in [0.1, 0.15) is 0 Å². The van der Waals surface area contributed by atoms with Crippen LogP contribution < -0.4 is 20.7 Å². The van der Waals surface area contributed by atoms with Crippen LogP contribution in [-0.2, 0) is 0 Å². The van der Waals surface area contributed by atoms with Gasteiger partial charge in [0, 0.05) is 58.1 Å². The lowest BCUT2D eigenvalue weighted by Crippen LogP contribution is -2.54. The third-order valence-electron chi connectivity index (χ3n) is 4.93. The normalized spacial score (nSPS) is 14.6. The topological polar surface area (TPSA) is 103 Å². The van der Waals surface area contributed by atoms with Crippen molar-refractivity contribution in [3.05, 3.63) is 24.4 Å². The van der Waals surface area contributed by atoms with Crippen LogP contribution in [0.5, 0.6) is 11.6 Å². The summed E-state index contributed by atoms with van der Waals surface area (Å²) in [7, 11) is 5.94. The lowest BCUT2D eigenvalue weighted by Gasteiger charge is -2.37. The fourth-order valence-electron chi connectivity index (χ4n) is 3.15. The summed E-state index contributed by atoms with van der Waals surface area (Å²) in [5.41, 5.74) is 7.90. The summed E-state index contributed by atoms with van der Waals surface area (Å²) >= 11 is 0. The number of nitrogens with zero attached hydrogens (tertiary/aromatic N) is 5. The molecule has 164 valence electrons. The van der Waals surface area contributed by atoms with Gasteiger partial charge in [-0.05, 0) is 20.2 Å². The van der Waals surface area contributed by atoms with Gasteiger partial charge in [0.2, 0.25) is 11.8 Å². The average molecular weight is 420 g/mol. The molecule has 0 spiro atoms. The van der Waals surface area contributed by atoms with E-state index in [4.69, 9.17) is 10.5 Å². The van der Waals surface area contributed by atoms with Gasteiger partial charge in [0.15, 0.2) is 0 Å². The van der Waals surface area contributed by atoms with E-state index in [9.17, 15) is 9.50 Å². The standard InChI is InChI=1S/C20H30FN7O2/c1-26(2)8-9-27(3)17-11-18(29)16(10-15(17)22)24-20-23-6-4-19(25-20)30-14-12-28(13-14)7-5-21/h4,6,10-11,14,29H,5,7-9,12-13,22H2,1-3H3,(H,23,24,25). The second-order valence-corrected chi connectivity index (χ2v) is 7.68. The van der Waals surface area contributed by atoms with E-state index in [0.29, 0.717) is 36.9 Å². The molecule has 1 saturated heterocycles. The van der Waals surface area contributed by atoms with Crippen molar-refractivity contribution in [2.75, 3.05) is 76.5 Å². The average Bonchev–Trinajstić information content (AvgIpc) is 2.67. The molecule has 1 aromatic carbocycles. The number of benzene rings is 1. The number of hydrogen-bond donors (Lipinski definition) is 3. The Balaban J connectivity index is 1.64. The number of anilines is 4. The maximum atomic E-state index is 12.3. The van der Waals surface area contributed by atoms with E-state index in [1.54, 1.807) is 24.4 Å². The van der Waals surface area contributed by atoms with E-state index in [2.05, 4.69) is 20.2 Å². The van der Waals surface area contributed by atoms with Gasteiger partial charge in [-0.25, -0.2) is 9.37 Å². The van der Waals surface area contributed by atoms with E-state index >= 15 is 0 Å². The number of ether oxygens (including phenoxy) is 1. The van der Waals surface area contributed by atoms with Crippen molar-refractivity contribution in [2.24, 2.45) is 0 Å². The zero-order chi connectivity index (χ0) is 21.7. The van der Waals surface area contributed by atoms with Crippen molar-refractivity contribution in [3.63, 3.8) is 0 Å². The summed E-state index contributed by atoms with van der Waals surface area (Å²) in [6.07, 6.45) is 1.56. The number of phenols is 1. The number of hydrogen-bond acceptors (Lipinski definition) is 9. The monoisotopic (exact) mass is 419 g/mol. The maximum Gasteiger partial charge on any atom is 0.230 e. The SMILES string of the molecule is CN(C)CCN(C)c1cc(O)c(Nc2nccc(OC3CN(CCF)C3)n2)cc1N. The van der Waals surface area contributed by atoms with Crippen LogP contribution in [0.25, 0.3) is 0 Å². The predicted molar refractivity (Wildman–Crippen MR) is 116 cm³/mol. The molecule has 2 aromatic rings. The van der Waals surface area contributed by atoms with Crippen LogP contribution >= 0.6 is 0 Å². The molecule has 1 aliphatic heterocycles. The van der Waals surface area contributed by atoms with Crippen molar-refractivity contribution in [2.45, 2.75) is 6.10 Å². The molecule has 0 unspecified atom stereocenters. The highest BCUT2D eigenvalue weighted by atomic mass is 19.1. The number of halogens is 1. The minimum atomic E-state index is -0.356. The van der Waals surface area contributed by atoms with E-state index in [1.165, 1.54) is 0 Å². The van der Waals surface area contributed by atoms with Crippen LogP contribution in [0, 0.1) is 0 Å². The number of nitrogens with two attached hydrogens (primary N) is 1. The van der Waals surface area contributed by atoms with Crippen molar-refractivity contribution in [3.8, 4) is 11.6 Å². The molecule has 4 N–H and O–H groups in total. The Morgan fingerprint density at radius 2 is 2.07 bits per heavy atom. The van der Waals surface area contributed by atoms with Crippen LogP contribution in [0.3, 0.4) is 0 Å². The molecule has 10 heteroatoms. The second-order valence-electron chi connectivity index (χ2n) is 7.68. The first-order chi connectivity index (χ1) is 14.4. The number of nitrogens with one attached hydrogen (secondary N) is 1. The van der Waals surface area contributed by atoms with Crippen molar-refractivity contribution < 1.29 is 14.2 Å². The highest BCUT2D eigenvalue weighted by Gasteiger charge is 2.28. The third kappa shape index (κ3) is 5.61. The number of phenolic OH excluding ortho intramolecular Hbond substituents is 1. The Morgan fingerprint density at radius 3 is 2.77 bits per heavy atom. The molecule has 2 heterocycles. The van der Waals surface area contributed by atoms with Gasteiger partial charge in [-0.15, -0.1) is 0 Å². The smallest absolute Gasteiger partial charge is 0.230 e. The zero-order valence-electron chi connectivity index (χ0n) is 17.7. The molecule has 9 nitrogen and oxygen atoms in total. The number of likely N-dealkylation sites (N-methyl/N-ethyl adjacent to an activating group) is 2. The first kappa shape index (κ1) is 21.8. The molecule has 0 atom stereocenters. The van der Waals surface area contributed by atoms with Crippen LogP contribution in [0.4, 0.5) is 27.4 Å². The highest BCUT2D eigenvalue weighted by molar-refractivity contribution is 5.78. The maximum absolute atomic E-state index is 12.3. The molecule has 30 heavy (non-hydrogen) atoms. The Bertz CT molecular complexity index is 846. The number of aromatic hydroxyl groups is 1. The second kappa shape index (κ2) is 9.77. The number of likely N-dealkylation sites (tertiary alicyclic amines) is 1. The Labute approximate surface area is 176 Å². The Hall–Kier alpha value is -2.85. The molecule has 1 aliphatic rings. The number of aromatic nitrogens is 2. The van der Waals surface area contributed by atoms with Crippen molar-refractivity contribution in [1.82, 2.24) is 19.8 Å². The van der Waals surface area contributed by atoms with E-state index in [-0.39, 0.29) is 24.5 Å². The van der Waals surface area contributed by atoms with E-state index < -0.39 is 0 Å². The summed E-state index contributed by atoms with van der Waals surface area (Å²) in [5, 5.41) is 13.5. The summed E-state index contributed by atoms with van der Waals surface area (Å²) in [4.78, 5) is 14.6. The molecule has 1 aromatic heterocycles. The van der Waals surface area contributed by atoms with Crippen molar-refractivity contribution in [1.29, 1.82) is 0 Å². The van der Waals surface area contributed by atoms with Gasteiger partial charge >= 0.3 is 0 Å². The highest BCUT2D eigenvalue weighted by Crippen LogP contribution is 2.35. The van der Waals surface area contributed by atoms with Gasteiger partial charge in [-0.3, -0.25) is 4.90 Å². The molecule has 0 aliphatic carbocycles. The van der Waals surface area contributed by atoms with Gasteiger partial charge in [0.05, 0.1) is 17.1 Å².